The molecule has 0 aliphatic carbocycles. The molecule has 0 spiro atoms. The molecular formula is C12H17N3O2S. The van der Waals surface area contributed by atoms with Crippen molar-refractivity contribution in [1.82, 2.24) is 10.3 Å². The van der Waals surface area contributed by atoms with Gasteiger partial charge in [0.25, 0.3) is 10.0 Å². The molecule has 1 aromatic carbocycles. The minimum absolute atomic E-state index is 0.253. The minimum Gasteiger partial charge on any atom is -0.293 e. The first kappa shape index (κ1) is 13.2. The Morgan fingerprint density at radius 3 is 2.61 bits per heavy atom. The van der Waals surface area contributed by atoms with Gasteiger partial charge in [-0.25, -0.2) is 13.8 Å². The second kappa shape index (κ2) is 6.08. The largest absolute Gasteiger partial charge is 0.293 e. The van der Waals surface area contributed by atoms with E-state index in [0.29, 0.717) is 6.54 Å². The second-order valence-electron chi connectivity index (χ2n) is 4.18. The van der Waals surface area contributed by atoms with Crippen LogP contribution < -0.4 is 10.3 Å². The smallest absolute Gasteiger partial charge is 0.253 e. The standard InChI is InChI=1S/C12H17N3O2S/c16-18(17,12-7-2-1-3-8-12)15-14-10-11-6-4-5-9-13-11/h1-3,7-8,14-15H,4-6,9-10H2. The third-order valence-electron chi connectivity index (χ3n) is 2.76. The van der Waals surface area contributed by atoms with Crippen molar-refractivity contribution < 1.29 is 8.42 Å². The molecule has 0 unspecified atom stereocenters. The van der Waals surface area contributed by atoms with Crippen LogP contribution in [0.3, 0.4) is 0 Å². The molecule has 0 bridgehead atoms. The molecule has 18 heavy (non-hydrogen) atoms. The summed E-state index contributed by atoms with van der Waals surface area (Å²) in [6.45, 7) is 1.31. The van der Waals surface area contributed by atoms with Crippen LogP contribution in [0.2, 0.25) is 0 Å². The van der Waals surface area contributed by atoms with Crippen LogP contribution >= 0.6 is 0 Å². The molecule has 0 atom stereocenters. The van der Waals surface area contributed by atoms with Gasteiger partial charge in [0.1, 0.15) is 0 Å². The van der Waals surface area contributed by atoms with Gasteiger partial charge in [0.15, 0.2) is 0 Å². The molecule has 0 aromatic heterocycles. The number of nitrogens with one attached hydrogen (secondary N) is 2. The van der Waals surface area contributed by atoms with E-state index in [2.05, 4.69) is 15.2 Å². The highest BCUT2D eigenvalue weighted by Crippen LogP contribution is 2.07. The van der Waals surface area contributed by atoms with Crippen molar-refractivity contribution in [3.05, 3.63) is 30.3 Å². The van der Waals surface area contributed by atoms with Crippen LogP contribution in [0.25, 0.3) is 0 Å². The molecule has 0 saturated carbocycles. The van der Waals surface area contributed by atoms with Crippen LogP contribution in [0.15, 0.2) is 40.2 Å². The van der Waals surface area contributed by atoms with Gasteiger partial charge in [0.05, 0.1) is 4.90 Å². The Hall–Kier alpha value is -1.24. The number of hydrogen-bond acceptors (Lipinski definition) is 4. The van der Waals surface area contributed by atoms with E-state index in [4.69, 9.17) is 0 Å². The number of rotatable bonds is 5. The first-order valence-electron chi connectivity index (χ1n) is 6.00. The Bertz CT molecular complexity index is 511. The summed E-state index contributed by atoms with van der Waals surface area (Å²) >= 11 is 0. The summed E-state index contributed by atoms with van der Waals surface area (Å²) < 4.78 is 23.7. The van der Waals surface area contributed by atoms with E-state index >= 15 is 0 Å². The fourth-order valence-corrected chi connectivity index (χ4v) is 2.69. The van der Waals surface area contributed by atoms with Crippen molar-refractivity contribution in [2.24, 2.45) is 4.99 Å². The van der Waals surface area contributed by atoms with Gasteiger partial charge in [-0.3, -0.25) is 4.99 Å². The molecule has 2 rings (SSSR count). The van der Waals surface area contributed by atoms with Crippen LogP contribution in [0, 0.1) is 0 Å². The lowest BCUT2D eigenvalue weighted by Crippen LogP contribution is -2.40. The Balaban J connectivity index is 1.88. The van der Waals surface area contributed by atoms with Crippen LogP contribution in [0.1, 0.15) is 19.3 Å². The third kappa shape index (κ3) is 3.63. The van der Waals surface area contributed by atoms with Crippen LogP contribution in [0.4, 0.5) is 0 Å². The number of hydrogen-bond donors (Lipinski definition) is 2. The van der Waals surface area contributed by atoms with E-state index in [0.717, 1.165) is 31.5 Å². The lowest BCUT2D eigenvalue weighted by atomic mass is 10.1. The van der Waals surface area contributed by atoms with E-state index in [1.54, 1.807) is 30.3 Å². The summed E-state index contributed by atoms with van der Waals surface area (Å²) in [5.41, 5.74) is 3.75. The number of benzene rings is 1. The van der Waals surface area contributed by atoms with Crippen molar-refractivity contribution >= 4 is 15.7 Å². The van der Waals surface area contributed by atoms with Gasteiger partial charge < -0.3 is 0 Å². The molecule has 0 fully saturated rings. The predicted molar refractivity (Wildman–Crippen MR) is 70.9 cm³/mol. The highest BCUT2D eigenvalue weighted by atomic mass is 32.2. The van der Waals surface area contributed by atoms with Crippen molar-refractivity contribution in [2.45, 2.75) is 24.2 Å². The average Bonchev–Trinajstić information content (AvgIpc) is 2.41. The van der Waals surface area contributed by atoms with Crippen molar-refractivity contribution in [2.75, 3.05) is 13.1 Å². The maximum absolute atomic E-state index is 11.9. The summed E-state index contributed by atoms with van der Waals surface area (Å²) in [6.07, 6.45) is 3.20. The number of sulfonamides is 1. The Morgan fingerprint density at radius 1 is 1.17 bits per heavy atom. The zero-order chi connectivity index (χ0) is 12.8. The van der Waals surface area contributed by atoms with Crippen LogP contribution in [0.5, 0.6) is 0 Å². The zero-order valence-electron chi connectivity index (χ0n) is 10.1. The molecule has 1 aromatic rings. The number of nitrogens with zero attached hydrogens (tertiary/aromatic N) is 1. The van der Waals surface area contributed by atoms with Gasteiger partial charge in [-0.05, 0) is 31.4 Å². The molecule has 98 valence electrons. The first-order valence-corrected chi connectivity index (χ1v) is 7.49. The number of aliphatic imine (C=N–C) groups is 1. The molecule has 0 saturated heterocycles. The highest BCUT2D eigenvalue weighted by Gasteiger charge is 2.13. The predicted octanol–water partition coefficient (Wildman–Crippen LogP) is 1.09. The van der Waals surface area contributed by atoms with E-state index in [9.17, 15) is 8.42 Å². The van der Waals surface area contributed by atoms with E-state index < -0.39 is 10.0 Å². The van der Waals surface area contributed by atoms with Gasteiger partial charge in [0, 0.05) is 18.8 Å². The van der Waals surface area contributed by atoms with E-state index in [1.807, 2.05) is 0 Å². The molecule has 1 aliphatic heterocycles. The maximum Gasteiger partial charge on any atom is 0.253 e. The summed E-state index contributed by atoms with van der Waals surface area (Å²) in [7, 11) is -3.48. The van der Waals surface area contributed by atoms with Gasteiger partial charge in [0.2, 0.25) is 0 Å². The van der Waals surface area contributed by atoms with E-state index in [1.165, 1.54) is 0 Å². The monoisotopic (exact) mass is 267 g/mol. The SMILES string of the molecule is O=S(=O)(NNCC1=NCCCC1)c1ccccc1. The highest BCUT2D eigenvalue weighted by molar-refractivity contribution is 7.89. The van der Waals surface area contributed by atoms with E-state index in [-0.39, 0.29) is 4.90 Å². The summed E-state index contributed by atoms with van der Waals surface area (Å²) in [6, 6.07) is 8.28. The summed E-state index contributed by atoms with van der Waals surface area (Å²) in [5.74, 6) is 0. The van der Waals surface area contributed by atoms with Crippen molar-refractivity contribution in [3.8, 4) is 0 Å². The molecule has 2 N–H and O–H groups in total. The fourth-order valence-electron chi connectivity index (χ4n) is 1.79. The van der Waals surface area contributed by atoms with Crippen molar-refractivity contribution in [3.63, 3.8) is 0 Å². The van der Waals surface area contributed by atoms with Crippen molar-refractivity contribution in [1.29, 1.82) is 0 Å². The summed E-state index contributed by atoms with van der Waals surface area (Å²) in [4.78, 5) is 6.96. The number of hydrazine groups is 1. The lowest BCUT2D eigenvalue weighted by molar-refractivity contribution is 0.565. The molecule has 1 aliphatic rings. The molecule has 0 amide bonds. The molecule has 1 heterocycles. The van der Waals surface area contributed by atoms with Gasteiger partial charge in [-0.2, -0.15) is 0 Å². The Morgan fingerprint density at radius 2 is 1.94 bits per heavy atom. The molecule has 5 nitrogen and oxygen atoms in total. The molecular weight excluding hydrogens is 250 g/mol. The van der Waals surface area contributed by atoms with Crippen LogP contribution in [-0.4, -0.2) is 27.2 Å². The maximum atomic E-state index is 11.9. The minimum atomic E-state index is -3.48. The van der Waals surface area contributed by atoms with Gasteiger partial charge in [-0.1, -0.05) is 18.2 Å². The normalized spacial score (nSPS) is 16.3. The van der Waals surface area contributed by atoms with Gasteiger partial charge >= 0.3 is 0 Å². The zero-order valence-corrected chi connectivity index (χ0v) is 10.9. The molecule has 0 radical (unpaired) electrons. The summed E-state index contributed by atoms with van der Waals surface area (Å²) in [5, 5.41) is 0. The Kier molecular flexibility index (Phi) is 4.46. The first-order chi connectivity index (χ1) is 8.68. The quantitative estimate of drug-likeness (QED) is 0.785. The van der Waals surface area contributed by atoms with Gasteiger partial charge in [-0.15, -0.1) is 4.83 Å². The third-order valence-corrected chi connectivity index (χ3v) is 4.07. The second-order valence-corrected chi connectivity index (χ2v) is 5.86. The topological polar surface area (TPSA) is 70.6 Å². The van der Waals surface area contributed by atoms with Crippen LogP contribution in [-0.2, 0) is 10.0 Å². The fraction of sp³-hybridized carbons (Fsp3) is 0.417. The Labute approximate surface area is 107 Å². The lowest BCUT2D eigenvalue weighted by Gasteiger charge is -2.13. The molecule has 6 heteroatoms. The average molecular weight is 267 g/mol.